The maximum Gasteiger partial charge on any atom is 0.254 e. The van der Waals surface area contributed by atoms with Crippen molar-refractivity contribution in [2.75, 3.05) is 6.54 Å². The fourth-order valence-electron chi connectivity index (χ4n) is 4.41. The van der Waals surface area contributed by atoms with Crippen LogP contribution in [0, 0.1) is 6.92 Å². The first-order chi connectivity index (χ1) is 14.8. The van der Waals surface area contributed by atoms with Crippen LogP contribution in [-0.2, 0) is 13.5 Å². The van der Waals surface area contributed by atoms with E-state index in [2.05, 4.69) is 4.98 Å². The summed E-state index contributed by atoms with van der Waals surface area (Å²) in [6.45, 7) is 4.39. The molecule has 0 radical (unpaired) electrons. The summed E-state index contributed by atoms with van der Waals surface area (Å²) in [4.78, 5) is 19.5. The standard InChI is InChI=1S/C23H20Cl2N4O2/c1-12-21-18(22(28(3)27-21)15-8-16(24)11-17(25)9-15)6-7-29(12)23(30)14-4-5-19-20(10-14)31-13(2)26-19/h4-5,8-12H,6-7H2,1-3H3. The van der Waals surface area contributed by atoms with Crippen LogP contribution in [0.1, 0.15) is 40.5 Å². The number of oxazole rings is 1. The van der Waals surface area contributed by atoms with Gasteiger partial charge in [0, 0.05) is 47.3 Å². The number of amides is 1. The highest BCUT2D eigenvalue weighted by Gasteiger charge is 2.33. The molecule has 8 heteroatoms. The largest absolute Gasteiger partial charge is 0.441 e. The Morgan fingerprint density at radius 1 is 1.16 bits per heavy atom. The Hall–Kier alpha value is -2.83. The molecule has 2 aromatic heterocycles. The van der Waals surface area contributed by atoms with E-state index in [1.165, 1.54) is 0 Å². The van der Waals surface area contributed by atoms with Crippen molar-refractivity contribution in [1.82, 2.24) is 19.7 Å². The predicted octanol–water partition coefficient (Wildman–Crippen LogP) is 5.60. The van der Waals surface area contributed by atoms with E-state index in [1.54, 1.807) is 25.1 Å². The van der Waals surface area contributed by atoms with Gasteiger partial charge in [-0.2, -0.15) is 5.10 Å². The zero-order valence-electron chi connectivity index (χ0n) is 17.3. The molecule has 158 valence electrons. The van der Waals surface area contributed by atoms with Crippen LogP contribution in [0.15, 0.2) is 40.8 Å². The van der Waals surface area contributed by atoms with Crippen LogP contribution in [0.2, 0.25) is 10.0 Å². The first kappa shape index (κ1) is 20.1. The van der Waals surface area contributed by atoms with Crippen molar-refractivity contribution in [3.05, 3.63) is 69.2 Å². The van der Waals surface area contributed by atoms with Gasteiger partial charge in [0.2, 0.25) is 0 Å². The lowest BCUT2D eigenvalue weighted by molar-refractivity contribution is 0.0673. The van der Waals surface area contributed by atoms with Crippen LogP contribution in [0.3, 0.4) is 0 Å². The molecule has 5 rings (SSSR count). The molecule has 0 bridgehead atoms. The van der Waals surface area contributed by atoms with E-state index < -0.39 is 0 Å². The minimum Gasteiger partial charge on any atom is -0.441 e. The van der Waals surface area contributed by atoms with E-state index >= 15 is 0 Å². The molecule has 1 aliphatic heterocycles. The number of nitrogens with zero attached hydrogens (tertiary/aromatic N) is 4. The summed E-state index contributed by atoms with van der Waals surface area (Å²) in [5.74, 6) is 0.532. The smallest absolute Gasteiger partial charge is 0.254 e. The van der Waals surface area contributed by atoms with Gasteiger partial charge in [-0.1, -0.05) is 23.2 Å². The molecule has 3 heterocycles. The lowest BCUT2D eigenvalue weighted by Gasteiger charge is -2.33. The third kappa shape index (κ3) is 3.40. The summed E-state index contributed by atoms with van der Waals surface area (Å²) >= 11 is 12.5. The lowest BCUT2D eigenvalue weighted by Crippen LogP contribution is -2.38. The average molecular weight is 455 g/mol. The van der Waals surface area contributed by atoms with Gasteiger partial charge in [0.15, 0.2) is 11.5 Å². The number of aromatic nitrogens is 3. The molecular weight excluding hydrogens is 435 g/mol. The number of hydrogen-bond donors (Lipinski definition) is 0. The number of aryl methyl sites for hydroxylation is 2. The molecule has 1 aliphatic rings. The van der Waals surface area contributed by atoms with Crippen LogP contribution in [0.4, 0.5) is 0 Å². The predicted molar refractivity (Wildman–Crippen MR) is 121 cm³/mol. The maximum absolute atomic E-state index is 13.3. The van der Waals surface area contributed by atoms with Crippen LogP contribution in [0.25, 0.3) is 22.4 Å². The zero-order chi connectivity index (χ0) is 21.9. The lowest BCUT2D eigenvalue weighted by atomic mass is 9.95. The maximum atomic E-state index is 13.3. The number of rotatable bonds is 2. The highest BCUT2D eigenvalue weighted by molar-refractivity contribution is 6.35. The van der Waals surface area contributed by atoms with E-state index in [0.29, 0.717) is 40.0 Å². The first-order valence-electron chi connectivity index (χ1n) is 10.0. The number of hydrogen-bond acceptors (Lipinski definition) is 4. The van der Waals surface area contributed by atoms with Crippen molar-refractivity contribution in [2.24, 2.45) is 7.05 Å². The molecule has 1 atom stereocenters. The van der Waals surface area contributed by atoms with Crippen molar-refractivity contribution in [3.8, 4) is 11.3 Å². The van der Waals surface area contributed by atoms with E-state index in [1.807, 2.05) is 41.8 Å². The topological polar surface area (TPSA) is 64.2 Å². The Morgan fingerprint density at radius 2 is 1.90 bits per heavy atom. The minimum absolute atomic E-state index is 0.0490. The minimum atomic E-state index is -0.169. The molecule has 1 unspecified atom stereocenters. The number of halogens is 2. The molecular formula is C23H20Cl2N4O2. The Balaban J connectivity index is 1.50. The number of carbonyl (C=O) groups is 1. The van der Waals surface area contributed by atoms with Gasteiger partial charge >= 0.3 is 0 Å². The Labute approximate surface area is 189 Å². The monoisotopic (exact) mass is 454 g/mol. The summed E-state index contributed by atoms with van der Waals surface area (Å²) in [7, 11) is 1.90. The van der Waals surface area contributed by atoms with Gasteiger partial charge in [-0.05, 0) is 49.7 Å². The molecule has 31 heavy (non-hydrogen) atoms. The molecule has 1 amide bonds. The zero-order valence-corrected chi connectivity index (χ0v) is 18.8. The van der Waals surface area contributed by atoms with Crippen LogP contribution in [0.5, 0.6) is 0 Å². The normalized spacial score (nSPS) is 16.0. The third-order valence-electron chi connectivity index (χ3n) is 5.78. The highest BCUT2D eigenvalue weighted by Crippen LogP contribution is 2.37. The second-order valence-electron chi connectivity index (χ2n) is 7.83. The molecule has 2 aromatic carbocycles. The van der Waals surface area contributed by atoms with Gasteiger partial charge in [0.1, 0.15) is 5.52 Å². The second kappa shape index (κ2) is 7.39. The van der Waals surface area contributed by atoms with Crippen LogP contribution in [-0.4, -0.2) is 32.1 Å². The average Bonchev–Trinajstić information content (AvgIpc) is 3.25. The van der Waals surface area contributed by atoms with E-state index in [-0.39, 0.29) is 11.9 Å². The van der Waals surface area contributed by atoms with E-state index in [4.69, 9.17) is 32.7 Å². The molecule has 4 aromatic rings. The van der Waals surface area contributed by atoms with Gasteiger partial charge in [-0.3, -0.25) is 9.48 Å². The summed E-state index contributed by atoms with van der Waals surface area (Å²) in [6, 6.07) is 10.7. The molecule has 0 saturated carbocycles. The van der Waals surface area contributed by atoms with Gasteiger partial charge in [0.05, 0.1) is 17.4 Å². The summed E-state index contributed by atoms with van der Waals surface area (Å²) in [5.41, 5.74) is 5.87. The number of carbonyl (C=O) groups excluding carboxylic acids is 1. The molecule has 0 N–H and O–H groups in total. The summed E-state index contributed by atoms with van der Waals surface area (Å²) < 4.78 is 7.45. The Kier molecular flexibility index (Phi) is 4.79. The summed E-state index contributed by atoms with van der Waals surface area (Å²) in [5, 5.41) is 5.92. The molecule has 0 aliphatic carbocycles. The van der Waals surface area contributed by atoms with E-state index in [0.717, 1.165) is 28.0 Å². The van der Waals surface area contributed by atoms with Crippen LogP contribution < -0.4 is 0 Å². The Bertz CT molecular complexity index is 1320. The molecule has 0 fully saturated rings. The third-order valence-corrected chi connectivity index (χ3v) is 6.22. The fourth-order valence-corrected chi connectivity index (χ4v) is 4.94. The second-order valence-corrected chi connectivity index (χ2v) is 8.71. The van der Waals surface area contributed by atoms with Crippen LogP contribution >= 0.6 is 23.2 Å². The van der Waals surface area contributed by atoms with Gasteiger partial charge in [-0.15, -0.1) is 0 Å². The Morgan fingerprint density at radius 3 is 2.65 bits per heavy atom. The van der Waals surface area contributed by atoms with Gasteiger partial charge < -0.3 is 9.32 Å². The van der Waals surface area contributed by atoms with Crippen molar-refractivity contribution in [2.45, 2.75) is 26.3 Å². The molecule has 0 saturated heterocycles. The fraction of sp³-hybridized carbons (Fsp3) is 0.261. The van der Waals surface area contributed by atoms with Gasteiger partial charge in [0.25, 0.3) is 5.91 Å². The van der Waals surface area contributed by atoms with Crippen molar-refractivity contribution < 1.29 is 9.21 Å². The van der Waals surface area contributed by atoms with Gasteiger partial charge in [-0.25, -0.2) is 4.98 Å². The van der Waals surface area contributed by atoms with Crippen molar-refractivity contribution in [1.29, 1.82) is 0 Å². The highest BCUT2D eigenvalue weighted by atomic mass is 35.5. The number of benzene rings is 2. The SMILES string of the molecule is Cc1nc2ccc(C(=O)N3CCc4c(nn(C)c4-c4cc(Cl)cc(Cl)c4)C3C)cc2o1. The quantitative estimate of drug-likeness (QED) is 0.395. The molecule has 0 spiro atoms. The number of fused-ring (bicyclic) bond motifs is 2. The van der Waals surface area contributed by atoms with E-state index in [9.17, 15) is 4.79 Å². The summed E-state index contributed by atoms with van der Waals surface area (Å²) in [6.07, 6.45) is 0.697. The van der Waals surface area contributed by atoms with Crippen molar-refractivity contribution in [3.63, 3.8) is 0 Å². The molecule has 6 nitrogen and oxygen atoms in total. The van der Waals surface area contributed by atoms with Crippen molar-refractivity contribution >= 4 is 40.2 Å². The first-order valence-corrected chi connectivity index (χ1v) is 10.8.